The van der Waals surface area contributed by atoms with Gasteiger partial charge >= 0.3 is 0 Å². The lowest BCUT2D eigenvalue weighted by Gasteiger charge is -2.09. The molecule has 1 aromatic carbocycles. The van der Waals surface area contributed by atoms with Crippen LogP contribution in [0.1, 0.15) is 33.3 Å². The molecule has 0 aliphatic heterocycles. The Balaban J connectivity index is 0.00000191. The Kier molecular flexibility index (Phi) is 9.69. The van der Waals surface area contributed by atoms with Gasteiger partial charge in [-0.05, 0) is 43.5 Å². The summed E-state index contributed by atoms with van der Waals surface area (Å²) in [5, 5.41) is 0. The SMILES string of the molecule is C=C(C=NC=C(C)C)Cc1ccc(OC)c(OC)c1.CC. The van der Waals surface area contributed by atoms with Crippen LogP contribution in [0.4, 0.5) is 0 Å². The Morgan fingerprint density at radius 3 is 2.29 bits per heavy atom. The summed E-state index contributed by atoms with van der Waals surface area (Å²) in [6.45, 7) is 12.0. The number of ether oxygens (including phenoxy) is 2. The fraction of sp³-hybridized carbons (Fsp3) is 0.389. The number of aliphatic imine (C=N–C) groups is 1. The van der Waals surface area contributed by atoms with Gasteiger partial charge < -0.3 is 9.47 Å². The van der Waals surface area contributed by atoms with Gasteiger partial charge in [-0.1, -0.05) is 32.1 Å². The van der Waals surface area contributed by atoms with Gasteiger partial charge in [0.15, 0.2) is 11.5 Å². The molecular weight excluding hydrogens is 262 g/mol. The smallest absolute Gasteiger partial charge is 0.160 e. The molecule has 0 unspecified atom stereocenters. The summed E-state index contributed by atoms with van der Waals surface area (Å²) >= 11 is 0. The molecule has 0 aromatic heterocycles. The van der Waals surface area contributed by atoms with Gasteiger partial charge in [0.25, 0.3) is 0 Å². The monoisotopic (exact) mass is 289 g/mol. The largest absolute Gasteiger partial charge is 0.493 e. The fourth-order valence-electron chi connectivity index (χ4n) is 1.59. The van der Waals surface area contributed by atoms with Crippen molar-refractivity contribution in [3.05, 3.63) is 47.7 Å². The molecule has 1 aromatic rings. The number of allylic oxidation sites excluding steroid dienone is 2. The quantitative estimate of drug-likeness (QED) is 0.703. The third kappa shape index (κ3) is 7.35. The first-order valence-electron chi connectivity index (χ1n) is 7.12. The number of rotatable bonds is 6. The molecule has 21 heavy (non-hydrogen) atoms. The second kappa shape index (κ2) is 10.7. The summed E-state index contributed by atoms with van der Waals surface area (Å²) in [5.41, 5.74) is 3.23. The van der Waals surface area contributed by atoms with Gasteiger partial charge in [-0.2, -0.15) is 0 Å². The standard InChI is InChI=1S/C16H21NO2.C2H6/c1-12(2)10-17-11-13(3)8-14-6-7-15(18-4)16(9-14)19-5;1-2/h6-7,9-11H,3,8H2,1-2,4-5H3;1-2H3. The molecule has 3 heteroatoms. The van der Waals surface area contributed by atoms with Crippen LogP contribution in [0.2, 0.25) is 0 Å². The summed E-state index contributed by atoms with van der Waals surface area (Å²) in [6.07, 6.45) is 4.34. The molecule has 0 aliphatic rings. The second-order valence-electron chi connectivity index (χ2n) is 4.51. The first-order chi connectivity index (χ1) is 10.1. The van der Waals surface area contributed by atoms with Crippen molar-refractivity contribution in [2.45, 2.75) is 34.1 Å². The van der Waals surface area contributed by atoms with Crippen LogP contribution in [0.15, 0.2) is 47.1 Å². The van der Waals surface area contributed by atoms with Crippen molar-refractivity contribution < 1.29 is 9.47 Å². The highest BCUT2D eigenvalue weighted by Gasteiger charge is 2.04. The van der Waals surface area contributed by atoms with E-state index < -0.39 is 0 Å². The summed E-state index contributed by atoms with van der Waals surface area (Å²) in [7, 11) is 3.26. The van der Waals surface area contributed by atoms with E-state index in [4.69, 9.17) is 9.47 Å². The summed E-state index contributed by atoms with van der Waals surface area (Å²) < 4.78 is 10.5. The van der Waals surface area contributed by atoms with Crippen molar-refractivity contribution in [3.63, 3.8) is 0 Å². The topological polar surface area (TPSA) is 30.8 Å². The summed E-state index contributed by atoms with van der Waals surface area (Å²) in [4.78, 5) is 4.20. The number of benzene rings is 1. The predicted octanol–water partition coefficient (Wildman–Crippen LogP) is 4.82. The highest BCUT2D eigenvalue weighted by molar-refractivity contribution is 5.78. The zero-order valence-corrected chi connectivity index (χ0v) is 14.1. The van der Waals surface area contributed by atoms with Crippen molar-refractivity contribution in [2.24, 2.45) is 4.99 Å². The molecule has 0 aliphatic carbocycles. The highest BCUT2D eigenvalue weighted by Crippen LogP contribution is 2.28. The summed E-state index contributed by atoms with van der Waals surface area (Å²) in [5.74, 6) is 1.46. The molecule has 116 valence electrons. The van der Waals surface area contributed by atoms with E-state index in [-0.39, 0.29) is 0 Å². The first-order valence-corrected chi connectivity index (χ1v) is 7.12. The third-order valence-corrected chi connectivity index (χ3v) is 2.47. The molecule has 0 spiro atoms. The number of hydrogen-bond acceptors (Lipinski definition) is 3. The first kappa shape index (κ1) is 19.0. The third-order valence-electron chi connectivity index (χ3n) is 2.47. The van der Waals surface area contributed by atoms with E-state index in [9.17, 15) is 0 Å². The molecule has 0 saturated heterocycles. The highest BCUT2D eigenvalue weighted by atomic mass is 16.5. The molecule has 0 saturated carbocycles. The predicted molar refractivity (Wildman–Crippen MR) is 91.7 cm³/mol. The molecule has 0 heterocycles. The van der Waals surface area contributed by atoms with Gasteiger partial charge in [-0.25, -0.2) is 0 Å². The molecule has 0 fully saturated rings. The van der Waals surface area contributed by atoms with E-state index in [1.165, 1.54) is 0 Å². The lowest BCUT2D eigenvalue weighted by Crippen LogP contribution is -1.94. The van der Waals surface area contributed by atoms with Crippen LogP contribution >= 0.6 is 0 Å². The van der Waals surface area contributed by atoms with Crippen LogP contribution in [0.3, 0.4) is 0 Å². The maximum absolute atomic E-state index is 5.27. The Bertz CT molecular complexity index is 498. The van der Waals surface area contributed by atoms with Crippen molar-refractivity contribution in [2.75, 3.05) is 14.2 Å². The van der Waals surface area contributed by atoms with Gasteiger partial charge in [0.1, 0.15) is 0 Å². The maximum Gasteiger partial charge on any atom is 0.160 e. The normalized spacial score (nSPS) is 9.62. The van der Waals surface area contributed by atoms with Crippen LogP contribution in [0, 0.1) is 0 Å². The lowest BCUT2D eigenvalue weighted by molar-refractivity contribution is 0.354. The van der Waals surface area contributed by atoms with Crippen LogP contribution < -0.4 is 9.47 Å². The number of nitrogens with zero attached hydrogens (tertiary/aromatic N) is 1. The Morgan fingerprint density at radius 2 is 1.76 bits per heavy atom. The van der Waals surface area contributed by atoms with E-state index in [0.29, 0.717) is 0 Å². The zero-order chi connectivity index (χ0) is 16.3. The van der Waals surface area contributed by atoms with E-state index in [1.807, 2.05) is 52.1 Å². The van der Waals surface area contributed by atoms with Crippen LogP contribution in [-0.4, -0.2) is 20.4 Å². The van der Waals surface area contributed by atoms with Crippen LogP contribution in [0.5, 0.6) is 11.5 Å². The second-order valence-corrected chi connectivity index (χ2v) is 4.51. The van der Waals surface area contributed by atoms with Crippen molar-refractivity contribution in [1.29, 1.82) is 0 Å². The molecule has 0 atom stereocenters. The molecule has 0 N–H and O–H groups in total. The Hall–Kier alpha value is -2.03. The Labute approximate surface area is 129 Å². The maximum atomic E-state index is 5.27. The molecular formula is C18H27NO2. The molecule has 3 nitrogen and oxygen atoms in total. The van der Waals surface area contributed by atoms with Crippen molar-refractivity contribution in [1.82, 2.24) is 0 Å². The van der Waals surface area contributed by atoms with E-state index in [1.54, 1.807) is 20.4 Å². The Morgan fingerprint density at radius 1 is 1.14 bits per heavy atom. The van der Waals surface area contributed by atoms with Gasteiger partial charge in [0.2, 0.25) is 0 Å². The minimum Gasteiger partial charge on any atom is -0.493 e. The number of hydrogen-bond donors (Lipinski definition) is 0. The minimum atomic E-state index is 0.731. The molecule has 1 rings (SSSR count). The van der Waals surface area contributed by atoms with Crippen molar-refractivity contribution in [3.8, 4) is 11.5 Å². The van der Waals surface area contributed by atoms with Gasteiger partial charge in [0, 0.05) is 12.4 Å². The average Bonchev–Trinajstić information content (AvgIpc) is 2.48. The van der Waals surface area contributed by atoms with Crippen LogP contribution in [-0.2, 0) is 6.42 Å². The molecule has 0 amide bonds. The zero-order valence-electron chi connectivity index (χ0n) is 14.1. The van der Waals surface area contributed by atoms with Gasteiger partial charge in [0.05, 0.1) is 14.2 Å². The van der Waals surface area contributed by atoms with Crippen LogP contribution in [0.25, 0.3) is 0 Å². The fourth-order valence-corrected chi connectivity index (χ4v) is 1.59. The van der Waals surface area contributed by atoms with Crippen molar-refractivity contribution >= 4 is 6.21 Å². The average molecular weight is 289 g/mol. The molecule has 0 bridgehead atoms. The van der Waals surface area contributed by atoms with E-state index in [0.717, 1.165) is 34.6 Å². The minimum absolute atomic E-state index is 0.731. The van der Waals surface area contributed by atoms with E-state index >= 15 is 0 Å². The lowest BCUT2D eigenvalue weighted by atomic mass is 10.1. The number of methoxy groups -OCH3 is 2. The van der Waals surface area contributed by atoms with Gasteiger partial charge in [-0.3, -0.25) is 4.99 Å². The van der Waals surface area contributed by atoms with Gasteiger partial charge in [-0.15, -0.1) is 0 Å². The summed E-state index contributed by atoms with van der Waals surface area (Å²) in [6, 6.07) is 5.86. The van der Waals surface area contributed by atoms with E-state index in [2.05, 4.69) is 11.6 Å². The molecule has 0 radical (unpaired) electrons.